The van der Waals surface area contributed by atoms with Crippen molar-refractivity contribution in [3.8, 4) is 0 Å². The number of hydrogen-bond donors (Lipinski definition) is 1. The minimum atomic E-state index is -0.189. The van der Waals surface area contributed by atoms with E-state index in [1.54, 1.807) is 28.7 Å². The summed E-state index contributed by atoms with van der Waals surface area (Å²) >= 11 is 0. The lowest BCUT2D eigenvalue weighted by molar-refractivity contribution is 0.0944. The summed E-state index contributed by atoms with van der Waals surface area (Å²) in [4.78, 5) is 11.6. The summed E-state index contributed by atoms with van der Waals surface area (Å²) in [5, 5.41) is 10.9. The van der Waals surface area contributed by atoms with Crippen LogP contribution in [0.15, 0.2) is 24.5 Å². The van der Waals surface area contributed by atoms with Crippen LogP contribution in [0, 0.1) is 0 Å². The third-order valence-electron chi connectivity index (χ3n) is 2.15. The molecular weight excluding hydrogens is 206 g/mol. The van der Waals surface area contributed by atoms with E-state index in [9.17, 15) is 4.79 Å². The highest BCUT2D eigenvalue weighted by atomic mass is 16.1. The standard InChI is InChI=1S/C10H13N5O/c1-14-5-3-8(12-14)7-11-10(16)9-4-6-15(2)13-9/h3-6H,7H2,1-2H3,(H,11,16). The van der Waals surface area contributed by atoms with E-state index in [2.05, 4.69) is 15.5 Å². The van der Waals surface area contributed by atoms with Gasteiger partial charge in [-0.05, 0) is 12.1 Å². The molecule has 0 aliphatic rings. The molecule has 6 nitrogen and oxygen atoms in total. The van der Waals surface area contributed by atoms with E-state index in [-0.39, 0.29) is 5.91 Å². The van der Waals surface area contributed by atoms with Crippen LogP contribution in [0.4, 0.5) is 0 Å². The van der Waals surface area contributed by atoms with E-state index in [1.807, 2.05) is 19.3 Å². The van der Waals surface area contributed by atoms with Crippen LogP contribution < -0.4 is 5.32 Å². The van der Waals surface area contributed by atoms with Gasteiger partial charge in [-0.2, -0.15) is 10.2 Å². The zero-order valence-electron chi connectivity index (χ0n) is 9.21. The second-order valence-corrected chi connectivity index (χ2v) is 3.54. The number of nitrogens with one attached hydrogen (secondary N) is 1. The van der Waals surface area contributed by atoms with Gasteiger partial charge in [0.1, 0.15) is 5.69 Å². The van der Waals surface area contributed by atoms with Gasteiger partial charge in [0.15, 0.2) is 0 Å². The Morgan fingerprint density at radius 2 is 1.94 bits per heavy atom. The summed E-state index contributed by atoms with van der Waals surface area (Å²) in [5.74, 6) is -0.189. The van der Waals surface area contributed by atoms with Gasteiger partial charge in [-0.1, -0.05) is 0 Å². The van der Waals surface area contributed by atoms with Crippen molar-refractivity contribution in [2.24, 2.45) is 14.1 Å². The molecule has 2 aromatic heterocycles. The number of rotatable bonds is 3. The van der Waals surface area contributed by atoms with Crippen molar-refractivity contribution in [3.63, 3.8) is 0 Å². The maximum Gasteiger partial charge on any atom is 0.272 e. The third-order valence-corrected chi connectivity index (χ3v) is 2.15. The first-order valence-electron chi connectivity index (χ1n) is 4.91. The number of carbonyl (C=O) groups is 1. The van der Waals surface area contributed by atoms with Gasteiger partial charge in [-0.25, -0.2) is 0 Å². The normalized spacial score (nSPS) is 10.4. The molecule has 1 amide bonds. The Bertz CT molecular complexity index is 499. The quantitative estimate of drug-likeness (QED) is 0.795. The van der Waals surface area contributed by atoms with Crippen LogP contribution in [0.2, 0.25) is 0 Å². The SMILES string of the molecule is Cn1ccc(CNC(=O)c2ccn(C)n2)n1. The van der Waals surface area contributed by atoms with Gasteiger partial charge in [0, 0.05) is 26.5 Å². The molecule has 0 aliphatic heterocycles. The van der Waals surface area contributed by atoms with Gasteiger partial charge < -0.3 is 5.32 Å². The van der Waals surface area contributed by atoms with Gasteiger partial charge >= 0.3 is 0 Å². The molecule has 2 heterocycles. The van der Waals surface area contributed by atoms with E-state index >= 15 is 0 Å². The molecule has 0 spiro atoms. The number of aromatic nitrogens is 4. The van der Waals surface area contributed by atoms with Crippen molar-refractivity contribution >= 4 is 5.91 Å². The van der Waals surface area contributed by atoms with Gasteiger partial charge in [-0.3, -0.25) is 14.2 Å². The Morgan fingerprint density at radius 1 is 1.25 bits per heavy atom. The molecule has 0 bridgehead atoms. The molecule has 16 heavy (non-hydrogen) atoms. The van der Waals surface area contributed by atoms with E-state index in [4.69, 9.17) is 0 Å². The molecule has 84 valence electrons. The summed E-state index contributed by atoms with van der Waals surface area (Å²) in [6, 6.07) is 3.53. The molecule has 0 radical (unpaired) electrons. The van der Waals surface area contributed by atoms with Gasteiger partial charge in [0.05, 0.1) is 12.2 Å². The molecule has 0 unspecified atom stereocenters. The summed E-state index contributed by atoms with van der Waals surface area (Å²) in [7, 11) is 3.61. The van der Waals surface area contributed by atoms with Crippen molar-refractivity contribution in [1.82, 2.24) is 24.9 Å². The Hall–Kier alpha value is -2.11. The lowest BCUT2D eigenvalue weighted by atomic mass is 10.4. The topological polar surface area (TPSA) is 64.7 Å². The first-order valence-corrected chi connectivity index (χ1v) is 4.91. The van der Waals surface area contributed by atoms with E-state index < -0.39 is 0 Å². The maximum atomic E-state index is 11.6. The third kappa shape index (κ3) is 2.28. The first-order chi connectivity index (χ1) is 7.65. The van der Waals surface area contributed by atoms with Crippen LogP contribution in [0.3, 0.4) is 0 Å². The highest BCUT2D eigenvalue weighted by molar-refractivity contribution is 5.92. The van der Waals surface area contributed by atoms with Gasteiger partial charge in [0.2, 0.25) is 0 Å². The number of aryl methyl sites for hydroxylation is 2. The Morgan fingerprint density at radius 3 is 2.50 bits per heavy atom. The Kier molecular flexibility index (Phi) is 2.72. The van der Waals surface area contributed by atoms with Gasteiger partial charge in [0.25, 0.3) is 5.91 Å². The minimum Gasteiger partial charge on any atom is -0.345 e. The number of nitrogens with zero attached hydrogens (tertiary/aromatic N) is 4. The van der Waals surface area contributed by atoms with Crippen LogP contribution >= 0.6 is 0 Å². The van der Waals surface area contributed by atoms with Crippen LogP contribution in [0.1, 0.15) is 16.2 Å². The van der Waals surface area contributed by atoms with E-state index in [1.165, 1.54) is 0 Å². The fourth-order valence-electron chi connectivity index (χ4n) is 1.36. The Labute approximate surface area is 92.9 Å². The van der Waals surface area contributed by atoms with E-state index in [0.717, 1.165) is 5.69 Å². The average Bonchev–Trinajstić information content (AvgIpc) is 2.84. The van der Waals surface area contributed by atoms with Gasteiger partial charge in [-0.15, -0.1) is 0 Å². The number of carbonyl (C=O) groups excluding carboxylic acids is 1. The summed E-state index contributed by atoms with van der Waals surface area (Å²) in [6.07, 6.45) is 3.57. The predicted molar refractivity (Wildman–Crippen MR) is 57.6 cm³/mol. The molecule has 2 rings (SSSR count). The van der Waals surface area contributed by atoms with Crippen LogP contribution in [0.5, 0.6) is 0 Å². The zero-order valence-corrected chi connectivity index (χ0v) is 9.21. The zero-order chi connectivity index (χ0) is 11.5. The molecule has 0 aliphatic carbocycles. The molecule has 2 aromatic rings. The summed E-state index contributed by atoms with van der Waals surface area (Å²) in [5.41, 5.74) is 1.24. The maximum absolute atomic E-state index is 11.6. The molecular formula is C10H13N5O. The van der Waals surface area contributed by atoms with Crippen molar-refractivity contribution in [1.29, 1.82) is 0 Å². The fraction of sp³-hybridized carbons (Fsp3) is 0.300. The second kappa shape index (κ2) is 4.18. The summed E-state index contributed by atoms with van der Waals surface area (Å²) in [6.45, 7) is 0.413. The van der Waals surface area contributed by atoms with Crippen molar-refractivity contribution < 1.29 is 4.79 Å². The minimum absolute atomic E-state index is 0.189. The molecule has 0 saturated carbocycles. The van der Waals surface area contributed by atoms with Crippen LogP contribution in [-0.4, -0.2) is 25.5 Å². The predicted octanol–water partition coefficient (Wildman–Crippen LogP) is 0.0836. The lowest BCUT2D eigenvalue weighted by Gasteiger charge is -1.99. The van der Waals surface area contributed by atoms with Crippen molar-refractivity contribution in [3.05, 3.63) is 35.9 Å². The van der Waals surface area contributed by atoms with Crippen LogP contribution in [0.25, 0.3) is 0 Å². The highest BCUT2D eigenvalue weighted by Crippen LogP contribution is 1.96. The average molecular weight is 219 g/mol. The second-order valence-electron chi connectivity index (χ2n) is 3.54. The molecule has 0 aromatic carbocycles. The first kappa shape index (κ1) is 10.4. The highest BCUT2D eigenvalue weighted by Gasteiger charge is 2.08. The molecule has 1 N–H and O–H groups in total. The number of hydrogen-bond acceptors (Lipinski definition) is 3. The fourth-order valence-corrected chi connectivity index (χ4v) is 1.36. The number of amides is 1. The molecule has 0 fully saturated rings. The largest absolute Gasteiger partial charge is 0.345 e. The van der Waals surface area contributed by atoms with Crippen molar-refractivity contribution in [2.75, 3.05) is 0 Å². The monoisotopic (exact) mass is 219 g/mol. The molecule has 0 atom stereocenters. The molecule has 0 saturated heterocycles. The smallest absolute Gasteiger partial charge is 0.272 e. The summed E-state index contributed by atoms with van der Waals surface area (Å²) < 4.78 is 3.29. The lowest BCUT2D eigenvalue weighted by Crippen LogP contribution is -2.23. The Balaban J connectivity index is 1.93. The van der Waals surface area contributed by atoms with Crippen molar-refractivity contribution in [2.45, 2.75) is 6.54 Å². The molecule has 6 heteroatoms. The van der Waals surface area contributed by atoms with Crippen LogP contribution in [-0.2, 0) is 20.6 Å². The van der Waals surface area contributed by atoms with E-state index in [0.29, 0.717) is 12.2 Å².